The fourth-order valence-corrected chi connectivity index (χ4v) is 1.81. The minimum Gasteiger partial charge on any atom is -1.00 e. The van der Waals surface area contributed by atoms with Gasteiger partial charge in [0.1, 0.15) is 12.4 Å². The number of halogens is 3. The fourth-order valence-electron chi connectivity index (χ4n) is 1.28. The number of aliphatic hydroxyl groups is 1. The topological polar surface area (TPSA) is 37.3 Å². The summed E-state index contributed by atoms with van der Waals surface area (Å²) in [6.45, 7) is 0. The van der Waals surface area contributed by atoms with E-state index in [9.17, 15) is 4.79 Å². The summed E-state index contributed by atoms with van der Waals surface area (Å²) in [4.78, 5) is 10.1. The van der Waals surface area contributed by atoms with Gasteiger partial charge in [0.05, 0.1) is 0 Å². The van der Waals surface area contributed by atoms with E-state index in [0.29, 0.717) is 5.56 Å². The first-order valence-corrected chi connectivity index (χ1v) is 7.54. The van der Waals surface area contributed by atoms with E-state index in [1.807, 2.05) is 24.3 Å². The Hall–Kier alpha value is -0.604. The van der Waals surface area contributed by atoms with Crippen LogP contribution >= 0.6 is 31.9 Å². The van der Waals surface area contributed by atoms with Gasteiger partial charge in [0.15, 0.2) is 0 Å². The van der Waals surface area contributed by atoms with Gasteiger partial charge in [-0.05, 0) is 29.8 Å². The molecule has 0 aliphatic heterocycles. The first kappa shape index (κ1) is 40.9. The first-order chi connectivity index (χ1) is 10.6. The van der Waals surface area contributed by atoms with Gasteiger partial charge in [0, 0.05) is 14.5 Å². The molecule has 1 N–H and O–H groups in total. The molecule has 27 heavy (non-hydrogen) atoms. The van der Waals surface area contributed by atoms with E-state index >= 15 is 0 Å². The molecule has 0 radical (unpaired) electrons. The number of carbonyl (C=O) groups excluding carboxylic acids is 1. The maximum absolute atomic E-state index is 10.1. The second kappa shape index (κ2) is 25.4. The van der Waals surface area contributed by atoms with E-state index in [0.717, 1.165) is 20.8 Å². The number of rotatable bonds is 2. The summed E-state index contributed by atoms with van der Waals surface area (Å²) in [5.41, 5.74) is 1.45. The molecule has 144 valence electrons. The fraction of sp³-hybridized carbons (Fsp3) is 0.190. The summed E-state index contributed by atoms with van der Waals surface area (Å²) >= 11 is 6.54. The average molecular weight is 573 g/mol. The van der Waals surface area contributed by atoms with Gasteiger partial charge in [-0.2, -0.15) is 0 Å². The molecule has 2 nitrogen and oxygen atoms in total. The van der Waals surface area contributed by atoms with Crippen LogP contribution in [0.1, 0.15) is 44.3 Å². The monoisotopic (exact) mass is 570 g/mol. The molecule has 1 unspecified atom stereocenters. The summed E-state index contributed by atoms with van der Waals surface area (Å²) < 4.78 is 1.97. The molecule has 0 heterocycles. The summed E-state index contributed by atoms with van der Waals surface area (Å²) in [6.07, 6.45) is 14.1. The molecule has 0 aliphatic rings. The Labute approximate surface area is 208 Å². The molecule has 0 saturated heterocycles. The van der Waals surface area contributed by atoms with Crippen LogP contribution in [0.3, 0.4) is 0 Å². The molecule has 0 spiro atoms. The van der Waals surface area contributed by atoms with Crippen molar-refractivity contribution in [2.45, 2.75) is 28.4 Å². The van der Waals surface area contributed by atoms with E-state index in [-0.39, 0.29) is 62.3 Å². The van der Waals surface area contributed by atoms with Crippen molar-refractivity contribution in [1.82, 2.24) is 0 Å². The Kier molecular flexibility index (Phi) is 38.5. The zero-order chi connectivity index (χ0) is 17.0. The van der Waals surface area contributed by atoms with E-state index in [2.05, 4.69) is 44.2 Å². The molecule has 0 saturated carbocycles. The van der Waals surface area contributed by atoms with Gasteiger partial charge in [-0.1, -0.05) is 84.3 Å². The van der Waals surface area contributed by atoms with E-state index in [1.165, 1.54) is 0 Å². The van der Waals surface area contributed by atoms with Crippen molar-refractivity contribution >= 4 is 61.2 Å². The molecule has 0 fully saturated rings. The average Bonchev–Trinajstić information content (AvgIpc) is 2.58. The summed E-state index contributed by atoms with van der Waals surface area (Å²) in [5.74, 6) is 2.24. The van der Waals surface area contributed by atoms with E-state index < -0.39 is 6.10 Å². The van der Waals surface area contributed by atoms with Crippen molar-refractivity contribution in [1.29, 1.82) is 0 Å². The Balaban J connectivity index is -0.0000000644. The number of hydrogen-bond donors (Lipinski definition) is 1. The van der Waals surface area contributed by atoms with Crippen molar-refractivity contribution in [2.24, 2.45) is 0 Å². The largest absolute Gasteiger partial charge is 2.00 e. The quantitative estimate of drug-likeness (QED) is 0.260. The van der Waals surface area contributed by atoms with Gasteiger partial charge in [0.2, 0.25) is 0 Å². The number of carbonyl (C=O) groups is 1. The molecule has 0 amide bonds. The second-order valence-electron chi connectivity index (χ2n) is 3.79. The Morgan fingerprint density at radius 2 is 1.26 bits per heavy atom. The standard InChI is InChI=1S/C9H7BrO.C7H5BrO.C2H.3CH4.BrH.Mg/c1-2-9(11)7-3-5-8(10)6-4-7;8-7-3-1-6(5-9)2-4-7;1-2;;;;;/h1,3-6,9,11H;1-5H;1H;3*1H4;1H;/q;;-1;;;;;+2/p-1. The zero-order valence-corrected chi connectivity index (χ0v) is 18.8. The predicted octanol–water partition coefficient (Wildman–Crippen LogP) is 3.11. The number of aliphatic hydroxyl groups excluding tert-OH is 1. The first-order valence-electron chi connectivity index (χ1n) is 5.96. The molecule has 2 aromatic carbocycles. The molecular weight excluding hydrogens is 548 g/mol. The molecule has 0 aromatic heterocycles. The van der Waals surface area contributed by atoms with Crippen molar-refractivity contribution in [3.8, 4) is 18.8 Å². The smallest absolute Gasteiger partial charge is 1.00 e. The van der Waals surface area contributed by atoms with Crippen LogP contribution in [-0.2, 0) is 0 Å². The van der Waals surface area contributed by atoms with Crippen LogP contribution in [-0.4, -0.2) is 34.4 Å². The van der Waals surface area contributed by atoms with Gasteiger partial charge in [-0.3, -0.25) is 4.79 Å². The van der Waals surface area contributed by atoms with Crippen LogP contribution < -0.4 is 17.0 Å². The van der Waals surface area contributed by atoms with Crippen LogP contribution in [0.25, 0.3) is 0 Å². The third-order valence-corrected chi connectivity index (χ3v) is 3.41. The Morgan fingerprint density at radius 3 is 1.56 bits per heavy atom. The Morgan fingerprint density at radius 1 is 0.926 bits per heavy atom. The molecular formula is C21H25Br3MgO2. The van der Waals surface area contributed by atoms with Gasteiger partial charge in [-0.25, -0.2) is 0 Å². The third kappa shape index (κ3) is 18.5. The van der Waals surface area contributed by atoms with E-state index in [1.54, 1.807) is 24.3 Å². The molecule has 0 bridgehead atoms. The van der Waals surface area contributed by atoms with Crippen LogP contribution in [0.15, 0.2) is 57.5 Å². The summed E-state index contributed by atoms with van der Waals surface area (Å²) in [6, 6.07) is 14.5. The van der Waals surface area contributed by atoms with Crippen LogP contribution in [0.5, 0.6) is 0 Å². The van der Waals surface area contributed by atoms with Gasteiger partial charge in [0.25, 0.3) is 0 Å². The van der Waals surface area contributed by atoms with Crippen molar-refractivity contribution in [3.05, 3.63) is 75.0 Å². The van der Waals surface area contributed by atoms with Crippen LogP contribution in [0.4, 0.5) is 0 Å². The minimum atomic E-state index is -0.789. The third-order valence-electron chi connectivity index (χ3n) is 2.35. The number of hydrogen-bond acceptors (Lipinski definition) is 2. The van der Waals surface area contributed by atoms with Gasteiger partial charge < -0.3 is 34.9 Å². The maximum atomic E-state index is 10.1. The van der Waals surface area contributed by atoms with Crippen molar-refractivity contribution in [2.75, 3.05) is 0 Å². The summed E-state index contributed by atoms with van der Waals surface area (Å²) in [5, 5.41) is 9.17. The minimum absolute atomic E-state index is 0. The van der Waals surface area contributed by atoms with E-state index in [4.69, 9.17) is 18.0 Å². The molecule has 6 heteroatoms. The molecule has 2 aromatic rings. The number of aldehydes is 1. The molecule has 0 aliphatic carbocycles. The van der Waals surface area contributed by atoms with Crippen LogP contribution in [0, 0.1) is 25.2 Å². The van der Waals surface area contributed by atoms with Gasteiger partial charge in [-0.15, -0.1) is 6.42 Å². The van der Waals surface area contributed by atoms with Crippen molar-refractivity contribution < 1.29 is 26.9 Å². The van der Waals surface area contributed by atoms with Gasteiger partial charge >= 0.3 is 23.1 Å². The van der Waals surface area contributed by atoms with Crippen LogP contribution in [0.2, 0.25) is 0 Å². The number of benzene rings is 2. The van der Waals surface area contributed by atoms with Crippen molar-refractivity contribution in [3.63, 3.8) is 0 Å². The number of terminal acetylenes is 2. The normalized spacial score (nSPS) is 8.00. The zero-order valence-electron chi connectivity index (χ0n) is 12.6. The Bertz CT molecular complexity index is 633. The summed E-state index contributed by atoms with van der Waals surface area (Å²) in [7, 11) is 0. The molecule has 2 rings (SSSR count). The SMILES string of the molecule is C.C.C.C#CC(O)c1ccc(Br)cc1.O=Cc1ccc(Br)cc1.[Br-].[C-]#C.[Mg+2]. The predicted molar refractivity (Wildman–Crippen MR) is 122 cm³/mol. The maximum Gasteiger partial charge on any atom is 2.00 e. The molecule has 1 atom stereocenters. The second-order valence-corrected chi connectivity index (χ2v) is 5.62.